The second-order valence-electron chi connectivity index (χ2n) is 3.65. The Balaban J connectivity index is 1.61. The molecule has 9 nitrogen and oxygen atoms in total. The Morgan fingerprint density at radius 3 is 2.71 bits per heavy atom. The number of carboxylic acid groups (broad SMARTS) is 1. The number of ether oxygens (including phenoxy) is 1. The molecule has 1 fully saturated rings. The summed E-state index contributed by atoms with van der Waals surface area (Å²) < 4.78 is 9.54. The van der Waals surface area contributed by atoms with E-state index in [4.69, 9.17) is 14.6 Å². The summed E-state index contributed by atoms with van der Waals surface area (Å²) in [5.41, 5.74) is 0. The van der Waals surface area contributed by atoms with Crippen LogP contribution in [0.2, 0.25) is 0 Å². The highest BCUT2D eigenvalue weighted by Crippen LogP contribution is 2.15. The van der Waals surface area contributed by atoms with Crippen molar-refractivity contribution in [3.63, 3.8) is 0 Å². The van der Waals surface area contributed by atoms with E-state index in [9.17, 15) is 9.59 Å². The van der Waals surface area contributed by atoms with Crippen molar-refractivity contribution in [3.05, 3.63) is 0 Å². The molecular formula is C8H13N3O6. The lowest BCUT2D eigenvalue weighted by Crippen LogP contribution is -2.55. The number of hydrogen-bond acceptors (Lipinski definition) is 6. The van der Waals surface area contributed by atoms with Crippen molar-refractivity contribution >= 4 is 11.9 Å². The molecule has 0 radical (unpaired) electrons. The molecule has 1 N–H and O–H groups in total. The Hall–Kier alpha value is -2.06. The van der Waals surface area contributed by atoms with E-state index >= 15 is 0 Å². The quantitative estimate of drug-likeness (QED) is 0.483. The predicted octanol–water partition coefficient (Wildman–Crippen LogP) is -1.47. The molecule has 1 aliphatic heterocycles. The number of esters is 1. The zero-order chi connectivity index (χ0) is 12.4. The maximum atomic E-state index is 10.5. The van der Waals surface area contributed by atoms with E-state index in [0.717, 1.165) is 5.02 Å². The van der Waals surface area contributed by atoms with Crippen molar-refractivity contribution in [3.8, 4) is 0 Å². The maximum Gasteiger partial charge on any atom is 0.310 e. The minimum absolute atomic E-state index is 0.140. The van der Waals surface area contributed by atoms with Crippen LogP contribution in [0.15, 0.2) is 4.63 Å². The van der Waals surface area contributed by atoms with Gasteiger partial charge in [-0.1, -0.05) is 0 Å². The van der Waals surface area contributed by atoms with Crippen LogP contribution in [0, 0.1) is 5.92 Å². The van der Waals surface area contributed by atoms with Crippen LogP contribution in [0.4, 0.5) is 0 Å². The molecule has 0 unspecified atom stereocenters. The summed E-state index contributed by atoms with van der Waals surface area (Å²) in [6, 6.07) is 0. The van der Waals surface area contributed by atoms with Crippen LogP contribution in [-0.4, -0.2) is 53.3 Å². The van der Waals surface area contributed by atoms with Gasteiger partial charge in [-0.2, -0.15) is 4.63 Å². The molecule has 17 heavy (non-hydrogen) atoms. The number of nitrogens with zero attached hydrogens (tertiary/aromatic N) is 3. The van der Waals surface area contributed by atoms with Gasteiger partial charge in [-0.15, -0.1) is 0 Å². The number of rotatable bonds is 6. The van der Waals surface area contributed by atoms with Crippen molar-refractivity contribution < 1.29 is 28.9 Å². The van der Waals surface area contributed by atoms with Gasteiger partial charge in [0.2, 0.25) is 0 Å². The minimum atomic E-state index is -0.814. The molecular weight excluding hydrogens is 234 g/mol. The summed E-state index contributed by atoms with van der Waals surface area (Å²) in [7, 11) is 0. The molecule has 1 aromatic rings. The van der Waals surface area contributed by atoms with Crippen LogP contribution in [0.25, 0.3) is 0 Å². The van der Waals surface area contributed by atoms with Gasteiger partial charge in [0.15, 0.2) is 6.61 Å². The third-order valence-electron chi connectivity index (χ3n) is 2.30. The lowest BCUT2D eigenvalue weighted by atomic mass is 10.0. The van der Waals surface area contributed by atoms with Crippen molar-refractivity contribution in [1.29, 1.82) is 0 Å². The Morgan fingerprint density at radius 1 is 1.41 bits per heavy atom. The van der Waals surface area contributed by atoms with Crippen LogP contribution >= 0.6 is 0 Å². The molecule has 9 heteroatoms. The molecule has 2 heterocycles. The van der Waals surface area contributed by atoms with Gasteiger partial charge >= 0.3 is 11.9 Å². The molecule has 1 aliphatic rings. The van der Waals surface area contributed by atoms with E-state index in [0.29, 0.717) is 13.1 Å². The zero-order valence-electron chi connectivity index (χ0n) is 9.24. The molecule has 0 aromatic carbocycles. The van der Waals surface area contributed by atoms with Gasteiger partial charge in [-0.25, -0.2) is 0 Å². The normalized spacial score (nSPS) is 15.7. The SMILES string of the molecule is CC(=O)OCCOn1on1N1CC(C(=O)O)C1. The van der Waals surface area contributed by atoms with Crippen LogP contribution in [0.3, 0.4) is 0 Å². The van der Waals surface area contributed by atoms with Gasteiger partial charge in [-0.05, 0) is 0 Å². The van der Waals surface area contributed by atoms with Gasteiger partial charge in [-0.3, -0.25) is 14.6 Å². The molecule has 0 spiro atoms. The molecule has 96 valence electrons. The van der Waals surface area contributed by atoms with Crippen LogP contribution < -0.4 is 9.85 Å². The van der Waals surface area contributed by atoms with Gasteiger partial charge < -0.3 is 14.7 Å². The maximum absolute atomic E-state index is 10.5. The Kier molecular flexibility index (Phi) is 2.98. The topological polar surface area (TPSA) is 99.1 Å². The van der Waals surface area contributed by atoms with Crippen molar-refractivity contribution in [2.75, 3.05) is 31.3 Å². The summed E-state index contributed by atoms with van der Waals surface area (Å²) in [6.07, 6.45) is 0. The number of aliphatic carboxylic acids is 1. The summed E-state index contributed by atoms with van der Waals surface area (Å²) >= 11 is 0. The van der Waals surface area contributed by atoms with E-state index in [1.165, 1.54) is 11.9 Å². The first kappa shape index (κ1) is 11.4. The smallest absolute Gasteiger partial charge is 0.310 e. The van der Waals surface area contributed by atoms with Gasteiger partial charge in [0.25, 0.3) is 0 Å². The number of carbonyl (C=O) groups excluding carboxylic acids is 1. The molecule has 0 saturated carbocycles. The third-order valence-corrected chi connectivity index (χ3v) is 2.30. The van der Waals surface area contributed by atoms with E-state index in [-0.39, 0.29) is 25.1 Å². The highest BCUT2D eigenvalue weighted by atomic mass is 17.0. The summed E-state index contributed by atoms with van der Waals surface area (Å²) in [6.45, 7) is 2.40. The number of aromatic nitrogens is 2. The highest BCUT2D eigenvalue weighted by molar-refractivity contribution is 5.72. The van der Waals surface area contributed by atoms with Crippen molar-refractivity contribution in [1.82, 2.24) is 9.98 Å². The molecule has 0 atom stereocenters. The summed E-state index contributed by atoms with van der Waals surface area (Å²) in [5.74, 6) is -1.54. The molecule has 2 rings (SSSR count). The Bertz CT molecular complexity index is 399. The van der Waals surface area contributed by atoms with E-state index in [1.54, 1.807) is 5.01 Å². The summed E-state index contributed by atoms with van der Waals surface area (Å²) in [5, 5.41) is 11.4. The standard InChI is InChI=1S/C8H13N3O6/c1-6(12)15-2-3-16-11-10(17-11)9-4-7(5-9)8(13)14/h7H,2-5H2,1H3,(H,13,14). The fraction of sp³-hybridized carbons (Fsp3) is 0.750. The molecule has 0 bridgehead atoms. The van der Waals surface area contributed by atoms with E-state index < -0.39 is 5.97 Å². The molecule has 0 amide bonds. The largest absolute Gasteiger partial charge is 0.481 e. The fourth-order valence-electron chi connectivity index (χ4n) is 1.33. The highest BCUT2D eigenvalue weighted by Gasteiger charge is 2.38. The first-order valence-electron chi connectivity index (χ1n) is 5.10. The number of carboxylic acids is 1. The lowest BCUT2D eigenvalue weighted by Gasteiger charge is -2.32. The minimum Gasteiger partial charge on any atom is -0.481 e. The fourth-order valence-corrected chi connectivity index (χ4v) is 1.33. The average Bonchev–Trinajstić information content (AvgIpc) is 2.89. The van der Waals surface area contributed by atoms with Crippen LogP contribution in [0.5, 0.6) is 0 Å². The average molecular weight is 247 g/mol. The van der Waals surface area contributed by atoms with Crippen molar-refractivity contribution in [2.24, 2.45) is 5.92 Å². The third kappa shape index (κ3) is 2.74. The van der Waals surface area contributed by atoms with Crippen LogP contribution in [-0.2, 0) is 14.3 Å². The van der Waals surface area contributed by atoms with Gasteiger partial charge in [0, 0.05) is 11.9 Å². The van der Waals surface area contributed by atoms with Gasteiger partial charge in [0.05, 0.1) is 19.0 Å². The Labute approximate surface area is 95.9 Å². The van der Waals surface area contributed by atoms with Crippen molar-refractivity contribution in [2.45, 2.75) is 6.92 Å². The number of hydrogen-bond donors (Lipinski definition) is 1. The first-order valence-corrected chi connectivity index (χ1v) is 5.10. The predicted molar refractivity (Wildman–Crippen MR) is 51.8 cm³/mol. The second-order valence-corrected chi connectivity index (χ2v) is 3.65. The zero-order valence-corrected chi connectivity index (χ0v) is 9.24. The van der Waals surface area contributed by atoms with Crippen LogP contribution in [0.1, 0.15) is 6.92 Å². The molecule has 1 aromatic heterocycles. The van der Waals surface area contributed by atoms with Gasteiger partial charge in [0.1, 0.15) is 11.6 Å². The molecule has 0 aliphatic carbocycles. The number of carbonyl (C=O) groups is 2. The molecule has 1 saturated heterocycles. The lowest BCUT2D eigenvalue weighted by molar-refractivity contribution is -0.143. The first-order chi connectivity index (χ1) is 8.08. The Morgan fingerprint density at radius 2 is 2.12 bits per heavy atom. The van der Waals surface area contributed by atoms with E-state index in [2.05, 4.69) is 4.74 Å². The second kappa shape index (κ2) is 4.44. The summed E-state index contributed by atoms with van der Waals surface area (Å²) in [4.78, 5) is 27.3. The monoisotopic (exact) mass is 247 g/mol. The van der Waals surface area contributed by atoms with E-state index in [1.807, 2.05) is 0 Å².